The first-order valence-corrected chi connectivity index (χ1v) is 4.30. The van der Waals surface area contributed by atoms with Crippen LogP contribution in [-0.2, 0) is 4.79 Å². The van der Waals surface area contributed by atoms with Gasteiger partial charge in [-0.3, -0.25) is 4.79 Å². The molecule has 6 nitrogen and oxygen atoms in total. The Hall–Kier alpha value is -1.69. The Morgan fingerprint density at radius 2 is 2.36 bits per heavy atom. The molecular formula is C8H11N5O. The van der Waals surface area contributed by atoms with Crippen LogP contribution in [0.3, 0.4) is 0 Å². The molecular weight excluding hydrogens is 182 g/mol. The van der Waals surface area contributed by atoms with Crippen LogP contribution < -0.4 is 16.4 Å². The maximum Gasteiger partial charge on any atom is 0.228 e. The monoisotopic (exact) mass is 193 g/mol. The largest absolute Gasteiger partial charge is 0.382 e. The van der Waals surface area contributed by atoms with Gasteiger partial charge in [-0.15, -0.1) is 0 Å². The van der Waals surface area contributed by atoms with Gasteiger partial charge in [-0.25, -0.2) is 9.97 Å². The summed E-state index contributed by atoms with van der Waals surface area (Å²) in [7, 11) is 0. The quantitative estimate of drug-likeness (QED) is 0.603. The summed E-state index contributed by atoms with van der Waals surface area (Å²) in [5.74, 6) is 0.279. The van der Waals surface area contributed by atoms with Gasteiger partial charge >= 0.3 is 0 Å². The van der Waals surface area contributed by atoms with Crippen LogP contribution in [0.1, 0.15) is 6.42 Å². The van der Waals surface area contributed by atoms with E-state index in [9.17, 15) is 4.79 Å². The molecule has 0 aromatic carbocycles. The summed E-state index contributed by atoms with van der Waals surface area (Å²) >= 11 is 0. The molecule has 1 atom stereocenters. The second kappa shape index (κ2) is 3.22. The number of carbonyl (C=O) groups excluding carboxylic acids is 1. The summed E-state index contributed by atoms with van der Waals surface area (Å²) in [6.45, 7) is 0.483. The van der Waals surface area contributed by atoms with E-state index in [1.165, 1.54) is 17.4 Å². The highest BCUT2D eigenvalue weighted by Gasteiger charge is 2.29. The number of nitrogens with zero attached hydrogens (tertiary/aromatic N) is 3. The number of amides is 1. The molecule has 0 saturated carbocycles. The molecule has 4 N–H and O–H groups in total. The SMILES string of the molecule is Nc1ncncc1N1CC(N)CC1=O. The molecule has 0 bridgehead atoms. The van der Waals surface area contributed by atoms with Gasteiger partial charge in [0.2, 0.25) is 5.91 Å². The van der Waals surface area contributed by atoms with E-state index in [4.69, 9.17) is 11.5 Å². The molecule has 0 radical (unpaired) electrons. The summed E-state index contributed by atoms with van der Waals surface area (Å²) in [5.41, 5.74) is 11.8. The summed E-state index contributed by atoms with van der Waals surface area (Å²) in [5, 5.41) is 0. The second-order valence-corrected chi connectivity index (χ2v) is 3.26. The lowest BCUT2D eigenvalue weighted by Crippen LogP contribution is -2.28. The van der Waals surface area contributed by atoms with Crippen LogP contribution >= 0.6 is 0 Å². The maximum absolute atomic E-state index is 11.5. The van der Waals surface area contributed by atoms with Gasteiger partial charge in [-0.1, -0.05) is 0 Å². The highest BCUT2D eigenvalue weighted by atomic mass is 16.2. The van der Waals surface area contributed by atoms with Crippen LogP contribution in [0.5, 0.6) is 0 Å². The number of nitrogen functional groups attached to an aromatic ring is 1. The van der Waals surface area contributed by atoms with Crippen LogP contribution in [0.25, 0.3) is 0 Å². The first kappa shape index (κ1) is 8.89. The van der Waals surface area contributed by atoms with E-state index >= 15 is 0 Å². The molecule has 2 rings (SSSR count). The van der Waals surface area contributed by atoms with Gasteiger partial charge in [0.25, 0.3) is 0 Å². The van der Waals surface area contributed by atoms with Gasteiger partial charge in [0.05, 0.1) is 6.20 Å². The highest BCUT2D eigenvalue weighted by molar-refractivity contribution is 5.98. The van der Waals surface area contributed by atoms with E-state index in [-0.39, 0.29) is 11.9 Å². The lowest BCUT2D eigenvalue weighted by molar-refractivity contribution is -0.117. The number of nitrogens with two attached hydrogens (primary N) is 2. The standard InChI is InChI=1S/C8H11N5O/c9-5-1-7(14)13(3-5)6-2-11-4-12-8(6)10/h2,4-5H,1,3,9H2,(H2,10,11,12). The predicted molar refractivity (Wildman–Crippen MR) is 51.4 cm³/mol. The Morgan fingerprint density at radius 3 is 2.93 bits per heavy atom. The van der Waals surface area contributed by atoms with Crippen LogP contribution in [0, 0.1) is 0 Å². The summed E-state index contributed by atoms with van der Waals surface area (Å²) in [6.07, 6.45) is 3.23. The Bertz CT molecular complexity index is 367. The number of carbonyl (C=O) groups is 1. The molecule has 0 aliphatic carbocycles. The molecule has 1 aromatic rings. The fourth-order valence-electron chi connectivity index (χ4n) is 1.51. The van der Waals surface area contributed by atoms with Crippen molar-refractivity contribution in [3.63, 3.8) is 0 Å². The highest BCUT2D eigenvalue weighted by Crippen LogP contribution is 2.23. The van der Waals surface area contributed by atoms with Crippen molar-refractivity contribution in [2.24, 2.45) is 5.73 Å². The molecule has 1 unspecified atom stereocenters. The van der Waals surface area contributed by atoms with Crippen LogP contribution in [-0.4, -0.2) is 28.5 Å². The average molecular weight is 193 g/mol. The van der Waals surface area contributed by atoms with Crippen molar-refractivity contribution in [1.29, 1.82) is 0 Å². The van der Waals surface area contributed by atoms with E-state index in [1.54, 1.807) is 0 Å². The van der Waals surface area contributed by atoms with Gasteiger partial charge in [-0.2, -0.15) is 0 Å². The molecule has 2 heterocycles. The number of anilines is 2. The van der Waals surface area contributed by atoms with Gasteiger partial charge in [0.1, 0.15) is 12.0 Å². The number of aromatic nitrogens is 2. The Labute approximate surface area is 80.9 Å². The third-order valence-corrected chi connectivity index (χ3v) is 2.17. The topological polar surface area (TPSA) is 98.1 Å². The molecule has 1 aliphatic rings. The summed E-state index contributed by atoms with van der Waals surface area (Å²) in [6, 6.07) is -0.123. The summed E-state index contributed by atoms with van der Waals surface area (Å²) in [4.78, 5) is 20.6. The second-order valence-electron chi connectivity index (χ2n) is 3.26. The van der Waals surface area contributed by atoms with Crippen molar-refractivity contribution in [3.8, 4) is 0 Å². The minimum atomic E-state index is -0.123. The normalized spacial score (nSPS) is 21.6. The van der Waals surface area contributed by atoms with Crippen LogP contribution in [0.15, 0.2) is 12.5 Å². The lowest BCUT2D eigenvalue weighted by atomic mass is 10.3. The minimum Gasteiger partial charge on any atom is -0.382 e. The van der Waals surface area contributed by atoms with Gasteiger partial charge in [0, 0.05) is 19.0 Å². The molecule has 1 aliphatic heterocycles. The Kier molecular flexibility index (Phi) is 2.05. The fourth-order valence-corrected chi connectivity index (χ4v) is 1.51. The maximum atomic E-state index is 11.5. The van der Waals surface area contributed by atoms with E-state index in [2.05, 4.69) is 9.97 Å². The van der Waals surface area contributed by atoms with Crippen molar-refractivity contribution >= 4 is 17.4 Å². The first-order chi connectivity index (χ1) is 6.68. The number of rotatable bonds is 1. The summed E-state index contributed by atoms with van der Waals surface area (Å²) < 4.78 is 0. The van der Waals surface area contributed by atoms with E-state index < -0.39 is 0 Å². The zero-order valence-corrected chi connectivity index (χ0v) is 7.55. The average Bonchev–Trinajstić information content (AvgIpc) is 2.46. The van der Waals surface area contributed by atoms with Crippen molar-refractivity contribution in [2.45, 2.75) is 12.5 Å². The van der Waals surface area contributed by atoms with Gasteiger partial charge in [-0.05, 0) is 0 Å². The molecule has 1 amide bonds. The third-order valence-electron chi connectivity index (χ3n) is 2.17. The predicted octanol–water partition coefficient (Wildman–Crippen LogP) is -0.877. The molecule has 6 heteroatoms. The molecule has 14 heavy (non-hydrogen) atoms. The zero-order chi connectivity index (χ0) is 10.1. The van der Waals surface area contributed by atoms with Gasteiger partial charge < -0.3 is 16.4 Å². The van der Waals surface area contributed by atoms with Crippen LogP contribution in [0.2, 0.25) is 0 Å². The van der Waals surface area contributed by atoms with Gasteiger partial charge in [0.15, 0.2) is 5.82 Å². The smallest absolute Gasteiger partial charge is 0.228 e. The molecule has 1 saturated heterocycles. The molecule has 0 spiro atoms. The van der Waals surface area contributed by atoms with E-state index in [1.807, 2.05) is 0 Å². The number of hydrogen-bond donors (Lipinski definition) is 2. The molecule has 1 fully saturated rings. The number of hydrogen-bond acceptors (Lipinski definition) is 5. The van der Waals surface area contributed by atoms with Crippen molar-refractivity contribution in [3.05, 3.63) is 12.5 Å². The van der Waals surface area contributed by atoms with Crippen molar-refractivity contribution in [1.82, 2.24) is 9.97 Å². The molecule has 74 valence electrons. The van der Waals surface area contributed by atoms with Crippen molar-refractivity contribution < 1.29 is 4.79 Å². The Morgan fingerprint density at radius 1 is 1.57 bits per heavy atom. The van der Waals surface area contributed by atoms with Crippen molar-refractivity contribution in [2.75, 3.05) is 17.2 Å². The van der Waals surface area contributed by atoms with E-state index in [0.717, 1.165) is 0 Å². The fraction of sp³-hybridized carbons (Fsp3) is 0.375. The Balaban J connectivity index is 2.32. The van der Waals surface area contributed by atoms with E-state index in [0.29, 0.717) is 24.5 Å². The molecule has 1 aromatic heterocycles. The van der Waals surface area contributed by atoms with Crippen LogP contribution in [0.4, 0.5) is 11.5 Å². The zero-order valence-electron chi connectivity index (χ0n) is 7.55. The first-order valence-electron chi connectivity index (χ1n) is 4.30. The minimum absolute atomic E-state index is 0.0287. The third kappa shape index (κ3) is 1.39. The lowest BCUT2D eigenvalue weighted by Gasteiger charge is -2.16.